The zero-order valence-electron chi connectivity index (χ0n) is 85.5. The van der Waals surface area contributed by atoms with Crippen molar-refractivity contribution in [2.45, 2.75) is 224 Å². The van der Waals surface area contributed by atoms with E-state index in [9.17, 15) is 62.6 Å². The smallest absolute Gasteiger partial charge is 0.330 e. The number of aliphatic hydroxyl groups excluding tert-OH is 4. The second-order valence-corrected chi connectivity index (χ2v) is 45.2. The number of carbonyl (C=O) groups is 4. The number of H-pyrrole nitrogens is 4. The monoisotopic (exact) mass is 2100 g/mol. The van der Waals surface area contributed by atoms with E-state index in [2.05, 4.69) is 143 Å². The van der Waals surface area contributed by atoms with Crippen LogP contribution in [0.1, 0.15) is 192 Å². The molecule has 766 valence electrons. The maximum atomic E-state index is 12.5. The quantitative estimate of drug-likeness (QED) is 0.00451. The number of aromatic nitrogens is 8. The highest BCUT2D eigenvalue weighted by Gasteiger charge is 2.48. The fourth-order valence-electron chi connectivity index (χ4n) is 13.6. The van der Waals surface area contributed by atoms with Crippen LogP contribution in [0.5, 0.6) is 23.0 Å². The molecular formula is C87H109Cl4N21O28Si2. The van der Waals surface area contributed by atoms with Gasteiger partial charge >= 0.3 is 22.8 Å². The Kier molecular flexibility index (Phi) is 37.1. The summed E-state index contributed by atoms with van der Waals surface area (Å²) in [4.78, 5) is 186. The third-order valence-corrected chi connectivity index (χ3v) is 33.2. The van der Waals surface area contributed by atoms with Crippen LogP contribution in [0.15, 0.2) is 149 Å². The first-order valence-electron chi connectivity index (χ1n) is 46.0. The zero-order valence-corrected chi connectivity index (χ0v) is 84.6. The summed E-state index contributed by atoms with van der Waals surface area (Å²) in [5.74, 6) is -0.898. The van der Waals surface area contributed by atoms with Gasteiger partial charge in [-0.15, -0.1) is 10.1 Å². The van der Waals surface area contributed by atoms with Crippen LogP contribution in [0.25, 0.3) is 31.3 Å². The molecule has 4 aromatic heterocycles. The second kappa shape index (κ2) is 50.2. The highest BCUT2D eigenvalue weighted by molar-refractivity contribution is 6.75. The number of rotatable bonds is 27. The third kappa shape index (κ3) is 26.7. The van der Waals surface area contributed by atoms with Crippen molar-refractivity contribution in [3.63, 3.8) is 0 Å². The van der Waals surface area contributed by atoms with Crippen molar-refractivity contribution >= 4 is 99.1 Å². The van der Waals surface area contributed by atoms with E-state index < -0.39 is 166 Å². The van der Waals surface area contributed by atoms with Gasteiger partial charge in [0.2, 0.25) is 4.29 Å². The minimum atomic E-state index is -2.29. The summed E-state index contributed by atoms with van der Waals surface area (Å²) in [5.41, 5.74) is 22.3. The molecule has 4 fully saturated rings. The van der Waals surface area contributed by atoms with Gasteiger partial charge in [0.1, 0.15) is 43.2 Å². The van der Waals surface area contributed by atoms with Crippen LogP contribution in [0.3, 0.4) is 0 Å². The lowest BCUT2D eigenvalue weighted by Crippen LogP contribution is -2.44. The van der Waals surface area contributed by atoms with Gasteiger partial charge in [0.25, 0.3) is 62.5 Å². The maximum Gasteiger partial charge on any atom is 0.330 e. The molecule has 6 aliphatic heterocycles. The summed E-state index contributed by atoms with van der Waals surface area (Å²) in [6.07, 6.45) is -1.51. The van der Waals surface area contributed by atoms with Crippen molar-refractivity contribution in [3.8, 4) is 23.0 Å². The number of benzene rings is 4. The number of carbonyl (C=O) groups excluding carboxylic acids is 4. The van der Waals surface area contributed by atoms with Crippen molar-refractivity contribution in [2.24, 2.45) is 25.7 Å². The van der Waals surface area contributed by atoms with E-state index >= 15 is 0 Å². The van der Waals surface area contributed by atoms with E-state index in [1.54, 1.807) is 43.3 Å². The van der Waals surface area contributed by atoms with Crippen LogP contribution in [0.4, 0.5) is 0 Å². The molecule has 6 aliphatic rings. The number of imide groups is 2. The summed E-state index contributed by atoms with van der Waals surface area (Å²) >= 11 is 26.4. The summed E-state index contributed by atoms with van der Waals surface area (Å²) in [6, 6.07) is 15.8. The fourth-order valence-corrected chi connectivity index (χ4v) is 17.0. The minimum Gasteiger partial charge on any atom is -0.540 e. The molecule has 4 saturated heterocycles. The molecule has 8 N–H and O–H groups in total. The van der Waals surface area contributed by atoms with Crippen LogP contribution < -0.4 is 63.3 Å². The molecule has 55 heteroatoms. The molecule has 0 spiro atoms. The first kappa shape index (κ1) is 105. The van der Waals surface area contributed by atoms with Gasteiger partial charge in [-0.05, 0) is 105 Å². The second-order valence-electron chi connectivity index (χ2n) is 34.2. The molecule has 12 atom stereocenters. The number of hydrogen-bond acceptors (Lipinski definition) is 33. The molecule has 4 aromatic carbocycles. The summed E-state index contributed by atoms with van der Waals surface area (Å²) in [7, 11) is 2.30. The van der Waals surface area contributed by atoms with Crippen molar-refractivity contribution < 1.29 is 100 Å². The number of oxime groups is 2. The molecule has 0 radical (unpaired) electrons. The van der Waals surface area contributed by atoms with Gasteiger partial charge in [-0.3, -0.25) is 86.2 Å². The van der Waals surface area contributed by atoms with Crippen molar-refractivity contribution in [3.05, 3.63) is 276 Å². The van der Waals surface area contributed by atoms with Crippen LogP contribution >= 0.6 is 46.4 Å². The normalized spacial score (nSPS) is 21.0. The number of hydrogen-bond donors (Lipinski definition) is 8. The molecule has 0 aliphatic carbocycles. The van der Waals surface area contributed by atoms with Crippen LogP contribution in [-0.2, 0) is 57.9 Å². The maximum absolute atomic E-state index is 12.5. The highest BCUT2D eigenvalue weighted by atomic mass is 35.5. The first-order valence-corrected chi connectivity index (χ1v) is 50.0. The average molecular weight is 2100 g/mol. The Morgan fingerprint density at radius 2 is 0.789 bits per heavy atom. The summed E-state index contributed by atoms with van der Waals surface area (Å²) < 4.78 is 91.9. The van der Waals surface area contributed by atoms with E-state index in [0.717, 1.165) is 9.13 Å². The largest absolute Gasteiger partial charge is 0.540 e. The van der Waals surface area contributed by atoms with E-state index in [1.807, 2.05) is 0 Å². The van der Waals surface area contributed by atoms with E-state index in [1.165, 1.54) is 106 Å². The zero-order chi connectivity index (χ0) is 110. The van der Waals surface area contributed by atoms with Gasteiger partial charge in [0.05, 0.1) is 114 Å². The highest BCUT2D eigenvalue weighted by Crippen LogP contribution is 2.49. The standard InChI is InChI=1S/C24H32Cl2N6O7Si.C24H32Cl2N6O6Si.C18H16N6O6.C18H17N3O6.3CH4O/c1-24(2,3)40(5,6)39-21-17(36-4)7-15(25)14(20(21)26)10-29-38-16-8-19(37-18(16)12-33)32-11-13(9-28-31-27)22(34)30-23(32)35;1-13-17(9-19(36-13)32-12-14(10-28-31-27)22(33)30-23(32)34)37-29-11-15-16(25)8-18(35-5)21(20(15)26)38-39(6,7)24(2,3)4;1-9-13(30-24-16(26)11-4-2-3-5-12(11)17(24)27)6-14(29-9)23-8-10(7-20-22-19)15(25)21-18(23)28;1-9-8-20(18(25)19-15(9)22)14-7-13(10(2)26-14)27-21-16(23)11-5-3-4-6-12(11)17(21)24;3*1-2/h7,10-11,16,18-19,33H,8-9,12H2,1-6H3,(H,30,34,35);8,11-13,17,19H,9-10H2,1-7H3,(H,30,33,34);2-5,8-9,13-14H,6-7H2,1H3,(H,21,25,28);3-6,8,10,13-14H,7H2,1-2H3,(H,19,22,25);3*2H,1H3/b29-10+;29-11+;;;;;/t16?,18-,19-;13-,17?,19-;9-,13?,14-;10-,13?,14-;;;/m1111.../s1/i;2*1D;2D;3*2T. The first-order chi connectivity index (χ1) is 70.0. The summed E-state index contributed by atoms with van der Waals surface area (Å²) in [5, 5.41) is 40.6. The number of aromatic amines is 4. The number of nitrogens with one attached hydrogen (secondary N) is 4. The third-order valence-electron chi connectivity index (χ3n) is 23.2. The van der Waals surface area contributed by atoms with E-state index in [-0.39, 0.29) is 135 Å². The Morgan fingerprint density at radius 1 is 0.493 bits per heavy atom. The molecular weight excluding hydrogens is 1990 g/mol. The molecule has 14 rings (SSSR count). The topological polar surface area (TPSA) is 657 Å². The lowest BCUT2D eigenvalue weighted by molar-refractivity contribution is -0.146. The fraction of sp³-hybridized carbons (Fsp3) is 0.471. The van der Waals surface area contributed by atoms with Gasteiger partial charge in [0.15, 0.2) is 35.2 Å². The SMILES string of the molecule is COc1cc(Cl)c(/C=N/OC2C[C@H](n3cc(CN=[N+]=[N-])c(=O)[nH]c3=O)O[C@@H]2CO)c(Cl)c1O[Si](C)(C)C(C)(C)C.[2H]C[C@H]1O[C@@H](n2cc(C)c(=O)[nH]c2=O)CC1ON1C(=O)c2ccccc2C1=O.[2H]C[C@H]1O[C@@H](n2cc(CN=[N+]=[N-])c(=O)[nH]c2=O)CC1O/N=C/c1c(Cl)cc(OC)c(O[Si](C)(C)C(C)(C)C)c1Cl.[2H]C[C@H]1O[C@@H](n2cc(CN=[N+]=[N-])c(=O)[nH]c2=O)CC1ON1C(=O)c2ccccc2C1=O.[3H]OC.[3H]OC.[3H]OC. The van der Waals surface area contributed by atoms with E-state index in [4.69, 9.17) is 128 Å². The Labute approximate surface area is 838 Å². The predicted molar refractivity (Wildman–Crippen MR) is 521 cm³/mol. The van der Waals surface area contributed by atoms with Crippen molar-refractivity contribution in [2.75, 3.05) is 42.2 Å². The predicted octanol–water partition coefficient (Wildman–Crippen LogP) is 11.3. The Hall–Kier alpha value is -12.9. The number of hydroxylamine groups is 4. The number of methoxy groups -OCH3 is 2. The van der Waals surface area contributed by atoms with Crippen molar-refractivity contribution in [1.82, 2.24) is 48.3 Å². The number of ether oxygens (including phenoxy) is 6. The van der Waals surface area contributed by atoms with Gasteiger partial charge in [-0.1, -0.05) is 138 Å². The molecule has 142 heavy (non-hydrogen) atoms. The Bertz CT molecular complexity index is 6540. The molecule has 49 nitrogen and oxygen atoms in total. The number of fused-ring (bicyclic) bond motifs is 2. The molecule has 0 saturated carbocycles. The van der Waals surface area contributed by atoms with Crippen LogP contribution in [0.2, 0.25) is 56.4 Å². The van der Waals surface area contributed by atoms with Crippen molar-refractivity contribution in [1.29, 1.82) is 4.29 Å². The number of amides is 4. The lowest BCUT2D eigenvalue weighted by atomic mass is 10.1. The molecule has 4 unspecified atom stereocenters. The molecule has 0 bridgehead atoms. The van der Waals surface area contributed by atoms with Gasteiger partial charge in [-0.25, -0.2) is 19.2 Å². The Morgan fingerprint density at radius 3 is 1.10 bits per heavy atom. The van der Waals surface area contributed by atoms with Crippen LogP contribution in [0, 0.1) is 6.92 Å². The lowest BCUT2D eigenvalue weighted by Gasteiger charge is -2.37. The average Bonchev–Trinajstić information content (AvgIpc) is 1.64. The Balaban J connectivity index is 0.000000236. The van der Waals surface area contributed by atoms with E-state index in [0.29, 0.717) is 49.8 Å². The van der Waals surface area contributed by atoms with Gasteiger partial charge in [-0.2, -0.15) is 0 Å². The number of nitrogens with zero attached hydrogens (tertiary/aromatic N) is 17. The number of azide groups is 3. The van der Waals surface area contributed by atoms with Gasteiger partial charge in [0, 0.05) is 136 Å². The van der Waals surface area contributed by atoms with Gasteiger partial charge < -0.3 is 67.4 Å². The molecule has 8 aromatic rings. The number of aryl methyl sites for hydroxylation is 1. The molecule has 10 heterocycles. The number of halogens is 4. The number of aliphatic hydroxyl groups is 4. The van der Waals surface area contributed by atoms with Crippen LogP contribution in [-0.4, -0.2) is 217 Å². The molecule has 4 amide bonds. The summed E-state index contributed by atoms with van der Waals surface area (Å²) in [6.45, 7) is 20.7. The minimum absolute atomic E-state index is 0.0316.